The molecule has 1 fully saturated rings. The van der Waals surface area contributed by atoms with Gasteiger partial charge in [0.15, 0.2) is 0 Å². The van der Waals surface area contributed by atoms with E-state index in [0.29, 0.717) is 12.1 Å². The Morgan fingerprint density at radius 1 is 1.29 bits per heavy atom. The molecule has 1 aliphatic rings. The van der Waals surface area contributed by atoms with E-state index in [0.717, 1.165) is 24.0 Å². The van der Waals surface area contributed by atoms with Crippen molar-refractivity contribution in [1.29, 1.82) is 0 Å². The number of likely N-dealkylation sites (tertiary alicyclic amines) is 1. The van der Waals surface area contributed by atoms with Crippen molar-refractivity contribution in [2.45, 2.75) is 46.6 Å². The summed E-state index contributed by atoms with van der Waals surface area (Å²) in [7, 11) is 0. The zero-order chi connectivity index (χ0) is 15.8. The third-order valence-electron chi connectivity index (χ3n) is 4.60. The summed E-state index contributed by atoms with van der Waals surface area (Å²) in [6.45, 7) is 8.23. The van der Waals surface area contributed by atoms with Gasteiger partial charge in [0, 0.05) is 12.1 Å². The minimum absolute atomic E-state index is 0.170. The Labute approximate surface area is 125 Å². The Balaban J connectivity index is 2.41. The molecule has 0 bridgehead atoms. The Bertz CT molecular complexity index is 577. The molecular weight excluding hydrogens is 266 g/mol. The lowest BCUT2D eigenvalue weighted by Gasteiger charge is -2.44. The SMILES string of the molecule is Cc1cccc(C(=O)N2CCCC(C)(C)C2C(=O)O)c1C. The van der Waals surface area contributed by atoms with E-state index in [1.807, 2.05) is 39.8 Å². The van der Waals surface area contributed by atoms with Gasteiger partial charge in [0.2, 0.25) is 0 Å². The summed E-state index contributed by atoms with van der Waals surface area (Å²) in [5.74, 6) is -1.09. The van der Waals surface area contributed by atoms with Crippen molar-refractivity contribution in [1.82, 2.24) is 4.90 Å². The quantitative estimate of drug-likeness (QED) is 0.910. The largest absolute Gasteiger partial charge is 0.480 e. The summed E-state index contributed by atoms with van der Waals surface area (Å²) in [4.78, 5) is 26.0. The summed E-state index contributed by atoms with van der Waals surface area (Å²) in [5, 5.41) is 9.57. The van der Waals surface area contributed by atoms with E-state index in [2.05, 4.69) is 0 Å². The summed E-state index contributed by atoms with van der Waals surface area (Å²) < 4.78 is 0. The van der Waals surface area contributed by atoms with Crippen molar-refractivity contribution in [3.63, 3.8) is 0 Å². The van der Waals surface area contributed by atoms with Crippen LogP contribution in [0.2, 0.25) is 0 Å². The molecule has 1 aromatic rings. The van der Waals surface area contributed by atoms with Crippen molar-refractivity contribution in [2.24, 2.45) is 5.41 Å². The number of aryl methyl sites for hydroxylation is 1. The van der Waals surface area contributed by atoms with Gasteiger partial charge in [0.1, 0.15) is 6.04 Å². The first-order valence-electron chi connectivity index (χ1n) is 7.35. The van der Waals surface area contributed by atoms with Crippen LogP contribution in [0.4, 0.5) is 0 Å². The molecule has 114 valence electrons. The van der Waals surface area contributed by atoms with E-state index in [1.54, 1.807) is 6.07 Å². The van der Waals surface area contributed by atoms with Crippen LogP contribution < -0.4 is 0 Å². The van der Waals surface area contributed by atoms with Crippen LogP contribution in [-0.2, 0) is 4.79 Å². The first-order valence-corrected chi connectivity index (χ1v) is 7.35. The van der Waals surface area contributed by atoms with Gasteiger partial charge in [0.25, 0.3) is 5.91 Å². The van der Waals surface area contributed by atoms with E-state index in [4.69, 9.17) is 0 Å². The predicted octanol–water partition coefficient (Wildman–Crippen LogP) is 3.02. The molecule has 1 aromatic carbocycles. The van der Waals surface area contributed by atoms with Gasteiger partial charge in [-0.05, 0) is 49.3 Å². The molecule has 0 radical (unpaired) electrons. The van der Waals surface area contributed by atoms with Gasteiger partial charge in [0.05, 0.1) is 0 Å². The Hall–Kier alpha value is -1.84. The molecule has 1 heterocycles. The smallest absolute Gasteiger partial charge is 0.326 e. The van der Waals surface area contributed by atoms with Crippen LogP contribution in [0.15, 0.2) is 18.2 Å². The molecule has 0 aromatic heterocycles. The second-order valence-electron chi connectivity index (χ2n) is 6.58. The van der Waals surface area contributed by atoms with Crippen molar-refractivity contribution in [3.8, 4) is 0 Å². The van der Waals surface area contributed by atoms with Gasteiger partial charge in [-0.25, -0.2) is 4.79 Å². The zero-order valence-electron chi connectivity index (χ0n) is 13.1. The van der Waals surface area contributed by atoms with Crippen molar-refractivity contribution < 1.29 is 14.7 Å². The van der Waals surface area contributed by atoms with Crippen molar-refractivity contribution in [3.05, 3.63) is 34.9 Å². The minimum atomic E-state index is -0.918. The van der Waals surface area contributed by atoms with Gasteiger partial charge < -0.3 is 10.0 Å². The number of benzene rings is 1. The van der Waals surface area contributed by atoms with E-state index >= 15 is 0 Å². The monoisotopic (exact) mass is 289 g/mol. The van der Waals surface area contributed by atoms with E-state index in [-0.39, 0.29) is 5.91 Å². The topological polar surface area (TPSA) is 57.6 Å². The van der Waals surface area contributed by atoms with Gasteiger partial charge in [-0.1, -0.05) is 26.0 Å². The van der Waals surface area contributed by atoms with Crippen molar-refractivity contribution in [2.75, 3.05) is 6.54 Å². The molecule has 1 N–H and O–H groups in total. The molecule has 0 spiro atoms. The van der Waals surface area contributed by atoms with Gasteiger partial charge >= 0.3 is 5.97 Å². The number of carbonyl (C=O) groups excluding carboxylic acids is 1. The normalized spacial score (nSPS) is 21.1. The van der Waals surface area contributed by atoms with Crippen LogP contribution in [0, 0.1) is 19.3 Å². The molecule has 1 saturated heterocycles. The molecule has 1 atom stereocenters. The summed E-state index contributed by atoms with van der Waals surface area (Å²) in [6, 6.07) is 4.82. The van der Waals surface area contributed by atoms with Crippen LogP contribution in [-0.4, -0.2) is 34.5 Å². The number of nitrogens with zero attached hydrogens (tertiary/aromatic N) is 1. The van der Waals surface area contributed by atoms with Crippen molar-refractivity contribution >= 4 is 11.9 Å². The lowest BCUT2D eigenvalue weighted by molar-refractivity contribution is -0.148. The van der Waals surface area contributed by atoms with Crippen LogP contribution in [0.25, 0.3) is 0 Å². The maximum absolute atomic E-state index is 12.8. The third kappa shape index (κ3) is 2.80. The number of carboxylic acids is 1. The maximum Gasteiger partial charge on any atom is 0.326 e. The predicted molar refractivity (Wildman–Crippen MR) is 81.4 cm³/mol. The Kier molecular flexibility index (Phi) is 4.08. The number of rotatable bonds is 2. The average Bonchev–Trinajstić information content (AvgIpc) is 2.39. The fourth-order valence-electron chi connectivity index (χ4n) is 3.22. The number of carbonyl (C=O) groups is 2. The standard InChI is InChI=1S/C17H23NO3/c1-11-7-5-8-13(12(11)2)15(19)18-10-6-9-17(3,4)14(18)16(20)21/h5,7-8,14H,6,9-10H2,1-4H3,(H,20,21). The number of amides is 1. The molecule has 0 saturated carbocycles. The molecule has 1 aliphatic heterocycles. The molecule has 1 amide bonds. The third-order valence-corrected chi connectivity index (χ3v) is 4.60. The number of aliphatic carboxylic acids is 1. The highest BCUT2D eigenvalue weighted by molar-refractivity contribution is 5.98. The van der Waals surface area contributed by atoms with Crippen LogP contribution in [0.3, 0.4) is 0 Å². The van der Waals surface area contributed by atoms with E-state index < -0.39 is 17.4 Å². The fourth-order valence-corrected chi connectivity index (χ4v) is 3.22. The molecule has 21 heavy (non-hydrogen) atoms. The van der Waals surface area contributed by atoms with Gasteiger partial charge in [-0.2, -0.15) is 0 Å². The number of hydrogen-bond donors (Lipinski definition) is 1. The molecular formula is C17H23NO3. The zero-order valence-corrected chi connectivity index (χ0v) is 13.1. The molecule has 4 heteroatoms. The van der Waals surface area contributed by atoms with Crippen LogP contribution in [0.1, 0.15) is 48.2 Å². The number of hydrogen-bond acceptors (Lipinski definition) is 2. The maximum atomic E-state index is 12.8. The van der Waals surface area contributed by atoms with Gasteiger partial charge in [-0.15, -0.1) is 0 Å². The fraction of sp³-hybridized carbons (Fsp3) is 0.529. The number of carboxylic acid groups (broad SMARTS) is 1. The van der Waals surface area contributed by atoms with E-state index in [9.17, 15) is 14.7 Å². The highest BCUT2D eigenvalue weighted by atomic mass is 16.4. The Morgan fingerprint density at radius 2 is 1.95 bits per heavy atom. The second-order valence-corrected chi connectivity index (χ2v) is 6.58. The molecule has 4 nitrogen and oxygen atoms in total. The summed E-state index contributed by atoms with van der Waals surface area (Å²) in [6.07, 6.45) is 1.66. The van der Waals surface area contributed by atoms with Gasteiger partial charge in [-0.3, -0.25) is 4.79 Å². The highest BCUT2D eigenvalue weighted by Crippen LogP contribution is 2.36. The lowest BCUT2D eigenvalue weighted by atomic mass is 9.76. The average molecular weight is 289 g/mol. The molecule has 0 aliphatic carbocycles. The Morgan fingerprint density at radius 3 is 2.57 bits per heavy atom. The highest BCUT2D eigenvalue weighted by Gasteiger charge is 2.44. The first-order chi connectivity index (χ1) is 9.75. The van der Waals surface area contributed by atoms with Crippen LogP contribution in [0.5, 0.6) is 0 Å². The molecule has 1 unspecified atom stereocenters. The van der Waals surface area contributed by atoms with E-state index in [1.165, 1.54) is 4.90 Å². The lowest BCUT2D eigenvalue weighted by Crippen LogP contribution is -2.56. The summed E-state index contributed by atoms with van der Waals surface area (Å²) >= 11 is 0. The summed E-state index contributed by atoms with van der Waals surface area (Å²) in [5.41, 5.74) is 2.18. The molecule has 2 rings (SSSR count). The minimum Gasteiger partial charge on any atom is -0.480 e. The number of piperidine rings is 1. The first kappa shape index (κ1) is 15.5. The van der Waals surface area contributed by atoms with Crippen LogP contribution >= 0.6 is 0 Å². The second kappa shape index (κ2) is 5.51.